The van der Waals surface area contributed by atoms with Gasteiger partial charge in [0.25, 0.3) is 0 Å². The Morgan fingerprint density at radius 2 is 1.79 bits per heavy atom. The molecule has 0 saturated carbocycles. The number of esters is 1. The van der Waals surface area contributed by atoms with Gasteiger partial charge in [-0.1, -0.05) is 32.8 Å². The summed E-state index contributed by atoms with van der Waals surface area (Å²) in [7, 11) is 2.84. The Kier molecular flexibility index (Phi) is 15.9. The molecule has 0 bridgehead atoms. The van der Waals surface area contributed by atoms with Crippen LogP contribution in [0.2, 0.25) is 0 Å². The van der Waals surface area contributed by atoms with Crippen LogP contribution in [0.1, 0.15) is 64.0 Å². The molecule has 0 fully saturated rings. The topological polar surface area (TPSA) is 158 Å². The minimum Gasteiger partial charge on any atom is -0.493 e. The lowest BCUT2D eigenvalue weighted by Crippen LogP contribution is -2.47. The summed E-state index contributed by atoms with van der Waals surface area (Å²) in [5, 5.41) is 7.89. The molecule has 11 nitrogen and oxygen atoms in total. The fourth-order valence-corrected chi connectivity index (χ4v) is 3.68. The SMILES string of the molecule is CC[C@H](C)[C@H](NC(=O)CCCCCN)C(=O)Oc1ccc(C(CNC(=O)CCS)OC(=O)NC)cc1OC. The molecular formula is C26H42N4O7S. The normalized spacial score (nSPS) is 13.0. The largest absolute Gasteiger partial charge is 0.493 e. The zero-order valence-electron chi connectivity index (χ0n) is 22.7. The first-order valence-electron chi connectivity index (χ1n) is 12.9. The van der Waals surface area contributed by atoms with Gasteiger partial charge in [0, 0.05) is 19.9 Å². The van der Waals surface area contributed by atoms with Gasteiger partial charge in [-0.2, -0.15) is 12.6 Å². The van der Waals surface area contributed by atoms with Crippen LogP contribution in [0, 0.1) is 5.92 Å². The van der Waals surface area contributed by atoms with E-state index in [2.05, 4.69) is 28.6 Å². The molecule has 0 aromatic heterocycles. The van der Waals surface area contributed by atoms with E-state index in [0.717, 1.165) is 12.8 Å². The Balaban J connectivity index is 3.05. The first kappa shape index (κ1) is 33.0. The van der Waals surface area contributed by atoms with Gasteiger partial charge in [0.15, 0.2) is 11.5 Å². The maximum Gasteiger partial charge on any atom is 0.407 e. The van der Waals surface area contributed by atoms with Gasteiger partial charge >= 0.3 is 12.1 Å². The lowest BCUT2D eigenvalue weighted by atomic mass is 9.99. The molecule has 0 heterocycles. The number of ether oxygens (including phenoxy) is 3. The van der Waals surface area contributed by atoms with Gasteiger partial charge in [-0.15, -0.1) is 0 Å². The molecule has 38 heavy (non-hydrogen) atoms. The van der Waals surface area contributed by atoms with E-state index in [4.69, 9.17) is 19.9 Å². The number of carbonyl (C=O) groups is 4. The number of thiol groups is 1. The second-order valence-electron chi connectivity index (χ2n) is 8.78. The molecule has 5 N–H and O–H groups in total. The van der Waals surface area contributed by atoms with Crippen LogP contribution >= 0.6 is 12.6 Å². The average molecular weight is 555 g/mol. The van der Waals surface area contributed by atoms with Gasteiger partial charge in [-0.25, -0.2) is 9.59 Å². The summed E-state index contributed by atoms with van der Waals surface area (Å²) >= 11 is 4.04. The Morgan fingerprint density at radius 3 is 2.39 bits per heavy atom. The molecule has 0 aliphatic carbocycles. The number of unbranched alkanes of at least 4 members (excludes halogenated alkanes) is 2. The van der Waals surface area contributed by atoms with Crippen molar-refractivity contribution in [2.75, 3.05) is 33.0 Å². The molecule has 3 amide bonds. The van der Waals surface area contributed by atoms with Crippen molar-refractivity contribution in [3.8, 4) is 11.5 Å². The number of methoxy groups -OCH3 is 1. The van der Waals surface area contributed by atoms with Gasteiger partial charge in [0.05, 0.1) is 13.7 Å². The summed E-state index contributed by atoms with van der Waals surface area (Å²) < 4.78 is 16.5. The van der Waals surface area contributed by atoms with Gasteiger partial charge in [0.2, 0.25) is 11.8 Å². The van der Waals surface area contributed by atoms with Gasteiger partial charge in [-0.3, -0.25) is 9.59 Å². The van der Waals surface area contributed by atoms with E-state index in [1.807, 2.05) is 13.8 Å². The second-order valence-corrected chi connectivity index (χ2v) is 9.23. The number of carbonyl (C=O) groups excluding carboxylic acids is 4. The minimum atomic E-state index is -0.835. The van der Waals surface area contributed by atoms with Gasteiger partial charge < -0.3 is 35.9 Å². The number of nitrogens with one attached hydrogen (secondary N) is 3. The van der Waals surface area contributed by atoms with Gasteiger partial charge in [-0.05, 0) is 48.8 Å². The van der Waals surface area contributed by atoms with Crippen LogP contribution < -0.4 is 31.2 Å². The predicted molar refractivity (Wildman–Crippen MR) is 147 cm³/mol. The average Bonchev–Trinajstić information content (AvgIpc) is 2.91. The van der Waals surface area contributed by atoms with Crippen molar-refractivity contribution in [2.45, 2.75) is 64.5 Å². The Hall–Kier alpha value is -2.99. The van der Waals surface area contributed by atoms with Gasteiger partial charge in [0.1, 0.15) is 12.1 Å². The Bertz CT molecular complexity index is 916. The van der Waals surface area contributed by atoms with Crippen molar-refractivity contribution in [1.82, 2.24) is 16.0 Å². The van der Waals surface area contributed by atoms with Crippen molar-refractivity contribution >= 4 is 36.5 Å². The first-order valence-corrected chi connectivity index (χ1v) is 13.5. The summed E-state index contributed by atoms with van der Waals surface area (Å²) in [6.07, 6.45) is 2.04. The quantitative estimate of drug-likeness (QED) is 0.0850. The number of nitrogens with two attached hydrogens (primary N) is 1. The lowest BCUT2D eigenvalue weighted by molar-refractivity contribution is -0.141. The molecule has 1 aromatic rings. The predicted octanol–water partition coefficient (Wildman–Crippen LogP) is 2.48. The highest BCUT2D eigenvalue weighted by Crippen LogP contribution is 2.32. The minimum absolute atomic E-state index is 0.0235. The van der Waals surface area contributed by atoms with Crippen LogP contribution in [-0.2, 0) is 19.1 Å². The standard InChI is InChI=1S/C26H42N4O7S/c1-5-17(2)24(30-23(32)9-7-6-8-13-27)25(33)36-19-11-10-18(15-20(19)35-4)21(37-26(34)28-3)16-29-22(31)12-14-38/h10-11,15,17,21,24,38H,5-9,12-14,16,27H2,1-4H3,(H,28,34)(H,29,31)(H,30,32)/t17-,21?,24-/m0/s1. The number of benzene rings is 1. The molecular weight excluding hydrogens is 512 g/mol. The number of alkyl carbamates (subject to hydrolysis) is 1. The molecule has 0 aliphatic rings. The molecule has 1 rings (SSSR count). The van der Waals surface area contributed by atoms with E-state index in [-0.39, 0.29) is 42.2 Å². The summed E-state index contributed by atoms with van der Waals surface area (Å²) in [6.45, 7) is 4.39. The monoisotopic (exact) mass is 554 g/mol. The summed E-state index contributed by atoms with van der Waals surface area (Å²) in [6, 6.07) is 3.86. The van der Waals surface area contributed by atoms with Crippen LogP contribution in [0.5, 0.6) is 11.5 Å². The van der Waals surface area contributed by atoms with Crippen molar-refractivity contribution in [1.29, 1.82) is 0 Å². The second kappa shape index (κ2) is 18.3. The molecule has 0 saturated heterocycles. The molecule has 1 unspecified atom stereocenters. The third-order valence-corrected chi connectivity index (χ3v) is 6.16. The number of amides is 3. The van der Waals surface area contributed by atoms with E-state index in [9.17, 15) is 19.2 Å². The number of hydrogen-bond donors (Lipinski definition) is 5. The van der Waals surface area contributed by atoms with Crippen molar-refractivity contribution in [2.24, 2.45) is 11.7 Å². The molecule has 0 aliphatic heterocycles. The molecule has 1 aromatic carbocycles. The Morgan fingerprint density at radius 1 is 1.05 bits per heavy atom. The number of rotatable bonds is 17. The number of hydrogen-bond acceptors (Lipinski definition) is 9. The van der Waals surface area contributed by atoms with E-state index >= 15 is 0 Å². The van der Waals surface area contributed by atoms with E-state index < -0.39 is 24.2 Å². The van der Waals surface area contributed by atoms with Crippen LogP contribution in [-0.4, -0.2) is 62.9 Å². The third kappa shape index (κ3) is 11.6. The molecule has 0 radical (unpaired) electrons. The van der Waals surface area contributed by atoms with E-state index in [1.165, 1.54) is 20.2 Å². The summed E-state index contributed by atoms with van der Waals surface area (Å²) in [5.41, 5.74) is 6.01. The first-order chi connectivity index (χ1) is 18.2. The van der Waals surface area contributed by atoms with E-state index in [0.29, 0.717) is 37.1 Å². The van der Waals surface area contributed by atoms with Crippen molar-refractivity contribution < 1.29 is 33.4 Å². The molecule has 0 spiro atoms. The van der Waals surface area contributed by atoms with Crippen molar-refractivity contribution in [3.05, 3.63) is 23.8 Å². The fraction of sp³-hybridized carbons (Fsp3) is 0.615. The van der Waals surface area contributed by atoms with Crippen LogP contribution in [0.15, 0.2) is 18.2 Å². The van der Waals surface area contributed by atoms with Crippen LogP contribution in [0.3, 0.4) is 0 Å². The smallest absolute Gasteiger partial charge is 0.407 e. The third-order valence-electron chi connectivity index (χ3n) is 5.94. The van der Waals surface area contributed by atoms with Crippen LogP contribution in [0.25, 0.3) is 0 Å². The zero-order chi connectivity index (χ0) is 28.5. The Labute approximate surface area is 230 Å². The highest BCUT2D eigenvalue weighted by atomic mass is 32.1. The highest BCUT2D eigenvalue weighted by molar-refractivity contribution is 7.80. The van der Waals surface area contributed by atoms with Crippen molar-refractivity contribution in [3.63, 3.8) is 0 Å². The molecule has 214 valence electrons. The zero-order valence-corrected chi connectivity index (χ0v) is 23.6. The van der Waals surface area contributed by atoms with Crippen LogP contribution in [0.4, 0.5) is 4.79 Å². The lowest BCUT2D eigenvalue weighted by Gasteiger charge is -2.24. The maximum atomic E-state index is 13.1. The molecule has 12 heteroatoms. The fourth-order valence-electron chi connectivity index (χ4n) is 3.47. The summed E-state index contributed by atoms with van der Waals surface area (Å²) in [4.78, 5) is 49.3. The maximum absolute atomic E-state index is 13.1. The highest BCUT2D eigenvalue weighted by Gasteiger charge is 2.29. The van der Waals surface area contributed by atoms with E-state index in [1.54, 1.807) is 12.1 Å². The molecule has 3 atom stereocenters. The summed E-state index contributed by atoms with van der Waals surface area (Å²) in [5.74, 6) is -0.484.